The lowest BCUT2D eigenvalue weighted by Crippen LogP contribution is -2.67. The average molecular weight is 687 g/mol. The first-order valence-electron chi connectivity index (χ1n) is 19.8. The Morgan fingerprint density at radius 2 is 1.61 bits per heavy atom. The first-order chi connectivity index (χ1) is 24.2. The zero-order chi connectivity index (χ0) is 36.0. The summed E-state index contributed by atoms with van der Waals surface area (Å²) in [6.07, 6.45) is 12.5. The molecule has 6 heteroatoms. The Morgan fingerprint density at radius 1 is 0.863 bits per heavy atom. The molecule has 5 fully saturated rings. The number of ketones is 1. The third-order valence-corrected chi connectivity index (χ3v) is 16.4. The van der Waals surface area contributed by atoms with Crippen molar-refractivity contribution < 1.29 is 9.59 Å². The standard InChI is InChI=1S/C45H58N4O2/c1-29(2)33-19-24-45(40(51)46-32-15-13-31(14-16-32)35-28-49(48-47-35)27-30-11-9-8-10-12-30)26-25-43(6)34(39(33)45)17-18-37-42(5)22-21-38(50)41(3,4)36(42)20-23-44(37,43)7/h8-16,28,33-34,36-37,39H,1,17-27H2,2-7H3,(H,46,51)/t33-,34+,36-,37+,39+,42-,43+,44+,45-/m0/s1. The molecule has 6 nitrogen and oxygen atoms in total. The van der Waals surface area contributed by atoms with E-state index in [4.69, 9.17) is 0 Å². The molecule has 0 aliphatic heterocycles. The van der Waals surface area contributed by atoms with Crippen molar-refractivity contribution in [1.29, 1.82) is 0 Å². The smallest absolute Gasteiger partial charge is 0.230 e. The molecule has 0 saturated heterocycles. The minimum Gasteiger partial charge on any atom is -0.326 e. The third kappa shape index (κ3) is 5.08. The van der Waals surface area contributed by atoms with E-state index in [2.05, 4.69) is 75.9 Å². The molecule has 3 aromatic rings. The van der Waals surface area contributed by atoms with Crippen molar-refractivity contribution >= 4 is 17.4 Å². The molecule has 0 bridgehead atoms. The molecule has 0 radical (unpaired) electrons. The summed E-state index contributed by atoms with van der Waals surface area (Å²) in [4.78, 5) is 27.9. The Morgan fingerprint density at radius 3 is 2.33 bits per heavy atom. The quantitative estimate of drug-likeness (QED) is 0.262. The molecule has 1 amide bonds. The number of aromatic nitrogens is 3. The number of rotatable bonds is 6. The zero-order valence-corrected chi connectivity index (χ0v) is 31.8. The number of allylic oxidation sites excluding steroid dienone is 1. The molecular formula is C45H58N4O2. The van der Waals surface area contributed by atoms with E-state index >= 15 is 0 Å². The number of benzene rings is 2. The van der Waals surface area contributed by atoms with Crippen LogP contribution in [-0.2, 0) is 16.1 Å². The van der Waals surface area contributed by atoms with Crippen molar-refractivity contribution in [3.8, 4) is 11.3 Å². The first-order valence-corrected chi connectivity index (χ1v) is 19.8. The fourth-order valence-electron chi connectivity index (χ4n) is 13.6. The van der Waals surface area contributed by atoms with Gasteiger partial charge in [-0.1, -0.05) is 94.4 Å². The van der Waals surface area contributed by atoms with Gasteiger partial charge in [0.15, 0.2) is 0 Å². The molecule has 5 aliphatic rings. The first kappa shape index (κ1) is 34.5. The normalized spacial score (nSPS) is 38.2. The van der Waals surface area contributed by atoms with Crippen LogP contribution in [0.5, 0.6) is 0 Å². The van der Waals surface area contributed by atoms with Crippen LogP contribution in [-0.4, -0.2) is 26.7 Å². The number of carbonyl (C=O) groups excluding carboxylic acids is 2. The Balaban J connectivity index is 1.04. The molecule has 270 valence electrons. The van der Waals surface area contributed by atoms with Gasteiger partial charge in [-0.05, 0) is 128 Å². The van der Waals surface area contributed by atoms with Crippen LogP contribution in [0.15, 0.2) is 72.9 Å². The zero-order valence-electron chi connectivity index (χ0n) is 31.8. The van der Waals surface area contributed by atoms with Crippen LogP contribution in [0.25, 0.3) is 11.3 Å². The molecule has 51 heavy (non-hydrogen) atoms. The molecule has 8 rings (SSSR count). The fraction of sp³-hybridized carbons (Fsp3) is 0.600. The lowest BCUT2D eigenvalue weighted by Gasteiger charge is -2.72. The van der Waals surface area contributed by atoms with E-state index < -0.39 is 0 Å². The highest BCUT2D eigenvalue weighted by molar-refractivity contribution is 5.96. The molecule has 2 aromatic carbocycles. The fourth-order valence-corrected chi connectivity index (χ4v) is 13.6. The number of nitrogens with zero attached hydrogens (tertiary/aromatic N) is 3. The lowest BCUT2D eigenvalue weighted by molar-refractivity contribution is -0.232. The van der Waals surface area contributed by atoms with E-state index in [9.17, 15) is 9.59 Å². The van der Waals surface area contributed by atoms with Crippen molar-refractivity contribution in [2.75, 3.05) is 5.32 Å². The second-order valence-corrected chi connectivity index (χ2v) is 18.8. The van der Waals surface area contributed by atoms with E-state index in [1.807, 2.05) is 53.3 Å². The van der Waals surface area contributed by atoms with E-state index in [1.54, 1.807) is 0 Å². The summed E-state index contributed by atoms with van der Waals surface area (Å²) < 4.78 is 1.87. The Hall–Kier alpha value is -3.54. The predicted octanol–water partition coefficient (Wildman–Crippen LogP) is 10.2. The summed E-state index contributed by atoms with van der Waals surface area (Å²) in [7, 11) is 0. The van der Waals surface area contributed by atoms with Crippen LogP contribution >= 0.6 is 0 Å². The number of amides is 1. The largest absolute Gasteiger partial charge is 0.326 e. The summed E-state index contributed by atoms with van der Waals surface area (Å²) in [6, 6.07) is 18.4. The van der Waals surface area contributed by atoms with Crippen molar-refractivity contribution in [3.63, 3.8) is 0 Å². The van der Waals surface area contributed by atoms with Crippen LogP contribution in [0, 0.1) is 56.7 Å². The number of carbonyl (C=O) groups is 2. The number of hydrogen-bond acceptors (Lipinski definition) is 4. The highest BCUT2D eigenvalue weighted by Gasteiger charge is 2.71. The minimum atomic E-state index is -0.379. The molecule has 5 aliphatic carbocycles. The van der Waals surface area contributed by atoms with E-state index in [-0.39, 0.29) is 33.0 Å². The molecule has 0 spiro atoms. The topological polar surface area (TPSA) is 76.9 Å². The Bertz CT molecular complexity index is 1840. The van der Waals surface area contributed by atoms with Crippen molar-refractivity contribution in [3.05, 3.63) is 78.5 Å². The van der Waals surface area contributed by atoms with Gasteiger partial charge in [-0.15, -0.1) is 5.10 Å². The van der Waals surface area contributed by atoms with Crippen LogP contribution in [0.2, 0.25) is 0 Å². The van der Waals surface area contributed by atoms with Gasteiger partial charge in [-0.3, -0.25) is 9.59 Å². The van der Waals surface area contributed by atoms with Gasteiger partial charge >= 0.3 is 0 Å². The van der Waals surface area contributed by atoms with E-state index in [0.717, 1.165) is 61.9 Å². The maximum Gasteiger partial charge on any atom is 0.230 e. The van der Waals surface area contributed by atoms with Crippen molar-refractivity contribution in [1.82, 2.24) is 15.0 Å². The minimum absolute atomic E-state index is 0.154. The van der Waals surface area contributed by atoms with Crippen molar-refractivity contribution in [2.45, 2.75) is 112 Å². The van der Waals surface area contributed by atoms with E-state index in [0.29, 0.717) is 41.9 Å². The van der Waals surface area contributed by atoms with Gasteiger partial charge in [-0.2, -0.15) is 0 Å². The average Bonchev–Trinajstić information content (AvgIpc) is 3.74. The third-order valence-electron chi connectivity index (χ3n) is 16.4. The molecule has 0 unspecified atom stereocenters. The maximum absolute atomic E-state index is 14.8. The molecule has 1 N–H and O–H groups in total. The Labute approximate surface area is 305 Å². The van der Waals surface area contributed by atoms with Crippen LogP contribution < -0.4 is 5.32 Å². The molecule has 9 atom stereocenters. The summed E-state index contributed by atoms with van der Waals surface area (Å²) in [6.45, 7) is 19.7. The van der Waals surface area contributed by atoms with Gasteiger partial charge in [-0.25, -0.2) is 4.68 Å². The van der Waals surface area contributed by atoms with Gasteiger partial charge in [0.1, 0.15) is 11.5 Å². The van der Waals surface area contributed by atoms with Crippen LogP contribution in [0.1, 0.15) is 111 Å². The van der Waals surface area contributed by atoms with Gasteiger partial charge in [0, 0.05) is 23.1 Å². The summed E-state index contributed by atoms with van der Waals surface area (Å²) in [5, 5.41) is 12.2. The van der Waals surface area contributed by atoms with Gasteiger partial charge < -0.3 is 5.32 Å². The number of nitrogens with one attached hydrogen (secondary N) is 1. The van der Waals surface area contributed by atoms with E-state index in [1.165, 1.54) is 30.4 Å². The highest BCUT2D eigenvalue weighted by Crippen LogP contribution is 2.77. The second kappa shape index (κ2) is 12.0. The van der Waals surface area contributed by atoms with Crippen LogP contribution in [0.3, 0.4) is 0 Å². The predicted molar refractivity (Wildman–Crippen MR) is 204 cm³/mol. The maximum atomic E-state index is 14.8. The van der Waals surface area contributed by atoms with Gasteiger partial charge in [0.25, 0.3) is 0 Å². The highest BCUT2D eigenvalue weighted by atomic mass is 16.2. The number of hydrogen-bond donors (Lipinski definition) is 1. The second-order valence-electron chi connectivity index (χ2n) is 18.8. The number of Topliss-reactive ketones (excluding diaryl/α,β-unsaturated/α-hetero) is 1. The Kier molecular flexibility index (Phi) is 8.13. The molecule has 1 heterocycles. The number of anilines is 1. The SMILES string of the molecule is C=C(C)[C@@H]1CC[C@]2(C(=O)Nc3ccc(-c4cn(Cc5ccccc5)nn4)cc3)CC[C@]3(C)[C@H](CC[C@@H]4[C@@]5(C)CCC(=O)C(C)(C)[C@@H]5CC[C@]43C)[C@@H]12. The van der Waals surface area contributed by atoms with Gasteiger partial charge in [0.05, 0.1) is 18.2 Å². The summed E-state index contributed by atoms with van der Waals surface area (Å²) >= 11 is 0. The summed E-state index contributed by atoms with van der Waals surface area (Å²) in [5.41, 5.74) is 5.01. The molecular weight excluding hydrogens is 629 g/mol. The van der Waals surface area contributed by atoms with Crippen LogP contribution in [0.4, 0.5) is 5.69 Å². The lowest BCUT2D eigenvalue weighted by atomic mass is 9.32. The van der Waals surface area contributed by atoms with Gasteiger partial charge in [0.2, 0.25) is 5.91 Å². The molecule has 5 saturated carbocycles. The monoisotopic (exact) mass is 686 g/mol. The summed E-state index contributed by atoms with van der Waals surface area (Å²) in [5.74, 6) is 2.91. The molecule has 1 aromatic heterocycles. The number of fused-ring (bicyclic) bond motifs is 7. The van der Waals surface area contributed by atoms with Crippen molar-refractivity contribution in [2.24, 2.45) is 56.7 Å².